The minimum absolute atomic E-state index is 0.757. The number of hydrogen-bond donors (Lipinski definition) is 1. The lowest BCUT2D eigenvalue weighted by Gasteiger charge is -1.92. The third kappa shape index (κ3) is 5.93. The summed E-state index contributed by atoms with van der Waals surface area (Å²) >= 11 is 5.75. The Morgan fingerprint density at radius 2 is 2.00 bits per heavy atom. The first-order chi connectivity index (χ1) is 6.07. The highest BCUT2D eigenvalue weighted by atomic mass is 35.5. The Bertz CT molecular complexity index is 291. The van der Waals surface area contributed by atoms with Gasteiger partial charge in [-0.05, 0) is 11.6 Å². The highest BCUT2D eigenvalue weighted by molar-refractivity contribution is 6.32. The topological polar surface area (TPSA) is 37.3 Å². The lowest BCUT2D eigenvalue weighted by Crippen LogP contribution is -1.78. The van der Waals surface area contributed by atoms with Crippen LogP contribution >= 0.6 is 11.6 Å². The monoisotopic (exact) mass is 198 g/mol. The second-order valence-corrected chi connectivity index (χ2v) is 2.65. The Morgan fingerprint density at radius 3 is 2.31 bits per heavy atom. The molecular formula is C10H11ClO2. The number of aliphatic carboxylic acids is 1. The molecule has 0 saturated carbocycles. The van der Waals surface area contributed by atoms with Gasteiger partial charge in [-0.1, -0.05) is 42.5 Å². The highest BCUT2D eigenvalue weighted by Crippen LogP contribution is 2.14. The van der Waals surface area contributed by atoms with Gasteiger partial charge in [-0.2, -0.15) is 0 Å². The van der Waals surface area contributed by atoms with E-state index in [1.54, 1.807) is 6.08 Å². The Labute approximate surface area is 82.5 Å². The zero-order valence-electron chi connectivity index (χ0n) is 7.33. The van der Waals surface area contributed by atoms with E-state index >= 15 is 0 Å². The molecule has 0 aromatic heterocycles. The van der Waals surface area contributed by atoms with Crippen molar-refractivity contribution in [2.45, 2.75) is 6.92 Å². The van der Waals surface area contributed by atoms with Gasteiger partial charge in [0.25, 0.3) is 5.97 Å². The van der Waals surface area contributed by atoms with Crippen molar-refractivity contribution in [3.8, 4) is 0 Å². The maximum Gasteiger partial charge on any atom is 0.300 e. The summed E-state index contributed by atoms with van der Waals surface area (Å²) in [7, 11) is 0. The molecule has 0 heterocycles. The zero-order valence-corrected chi connectivity index (χ0v) is 8.08. The molecule has 0 radical (unpaired) electrons. The van der Waals surface area contributed by atoms with Crippen LogP contribution in [0.5, 0.6) is 0 Å². The number of halogens is 1. The van der Waals surface area contributed by atoms with Crippen molar-refractivity contribution in [2.75, 3.05) is 0 Å². The van der Waals surface area contributed by atoms with Crippen LogP contribution in [0.2, 0.25) is 5.02 Å². The van der Waals surface area contributed by atoms with Gasteiger partial charge >= 0.3 is 0 Å². The summed E-state index contributed by atoms with van der Waals surface area (Å²) in [6.07, 6.45) is 1.74. The largest absolute Gasteiger partial charge is 0.481 e. The molecule has 0 aliphatic heterocycles. The van der Waals surface area contributed by atoms with Crippen LogP contribution in [-0.2, 0) is 4.79 Å². The van der Waals surface area contributed by atoms with Gasteiger partial charge in [-0.15, -0.1) is 0 Å². The Balaban J connectivity index is 0.000000310. The summed E-state index contributed by atoms with van der Waals surface area (Å²) in [5.41, 5.74) is 0.985. The molecule has 0 bridgehead atoms. The fourth-order valence-corrected chi connectivity index (χ4v) is 0.854. The van der Waals surface area contributed by atoms with Crippen LogP contribution in [0.3, 0.4) is 0 Å². The highest BCUT2D eigenvalue weighted by Gasteiger charge is 1.89. The number of carbonyl (C=O) groups is 1. The van der Waals surface area contributed by atoms with Gasteiger partial charge in [-0.3, -0.25) is 4.79 Å². The Kier molecular flexibility index (Phi) is 5.64. The fourth-order valence-electron chi connectivity index (χ4n) is 0.641. The van der Waals surface area contributed by atoms with Gasteiger partial charge in [0, 0.05) is 11.9 Å². The van der Waals surface area contributed by atoms with Crippen LogP contribution in [0.1, 0.15) is 12.5 Å². The van der Waals surface area contributed by atoms with Gasteiger partial charge in [-0.25, -0.2) is 0 Å². The Morgan fingerprint density at radius 1 is 1.54 bits per heavy atom. The van der Waals surface area contributed by atoms with E-state index in [1.807, 2.05) is 24.3 Å². The van der Waals surface area contributed by atoms with E-state index in [9.17, 15) is 0 Å². The van der Waals surface area contributed by atoms with Crippen LogP contribution in [0.4, 0.5) is 0 Å². The molecule has 0 amide bonds. The van der Waals surface area contributed by atoms with Gasteiger partial charge in [0.1, 0.15) is 0 Å². The first kappa shape index (κ1) is 11.7. The van der Waals surface area contributed by atoms with E-state index < -0.39 is 5.97 Å². The summed E-state index contributed by atoms with van der Waals surface area (Å²) in [6, 6.07) is 7.60. The summed E-state index contributed by atoms with van der Waals surface area (Å²) in [5, 5.41) is 8.17. The third-order valence-electron chi connectivity index (χ3n) is 1.13. The maximum atomic E-state index is 9.00. The number of carboxylic acids is 1. The lowest BCUT2D eigenvalue weighted by molar-refractivity contribution is -0.134. The van der Waals surface area contributed by atoms with Crippen LogP contribution in [-0.4, -0.2) is 11.1 Å². The number of benzene rings is 1. The molecule has 1 rings (SSSR count). The molecule has 0 saturated heterocycles. The second-order valence-electron chi connectivity index (χ2n) is 2.24. The summed E-state index contributed by atoms with van der Waals surface area (Å²) in [6.45, 7) is 4.69. The molecule has 70 valence electrons. The molecule has 0 aliphatic rings. The molecule has 0 aliphatic carbocycles. The molecule has 0 unspecified atom stereocenters. The predicted molar refractivity (Wildman–Crippen MR) is 54.9 cm³/mol. The van der Waals surface area contributed by atoms with E-state index in [4.69, 9.17) is 21.5 Å². The van der Waals surface area contributed by atoms with E-state index in [2.05, 4.69) is 6.58 Å². The van der Waals surface area contributed by atoms with E-state index in [-0.39, 0.29) is 0 Å². The van der Waals surface area contributed by atoms with Crippen LogP contribution in [0.15, 0.2) is 30.8 Å². The van der Waals surface area contributed by atoms with Crippen molar-refractivity contribution < 1.29 is 9.90 Å². The maximum absolute atomic E-state index is 9.00. The molecular weight excluding hydrogens is 188 g/mol. The lowest BCUT2D eigenvalue weighted by atomic mass is 10.2. The third-order valence-corrected chi connectivity index (χ3v) is 1.47. The van der Waals surface area contributed by atoms with Crippen molar-refractivity contribution in [2.24, 2.45) is 0 Å². The quantitative estimate of drug-likeness (QED) is 0.753. The molecule has 0 fully saturated rings. The second kappa shape index (κ2) is 6.26. The molecule has 3 heteroatoms. The van der Waals surface area contributed by atoms with Gasteiger partial charge in [0.05, 0.1) is 0 Å². The molecule has 13 heavy (non-hydrogen) atoms. The summed E-state index contributed by atoms with van der Waals surface area (Å²) in [5.74, 6) is -0.833. The van der Waals surface area contributed by atoms with Crippen LogP contribution < -0.4 is 0 Å². The van der Waals surface area contributed by atoms with Gasteiger partial charge < -0.3 is 5.11 Å². The van der Waals surface area contributed by atoms with Crippen LogP contribution in [0, 0.1) is 0 Å². The molecule has 0 atom stereocenters. The van der Waals surface area contributed by atoms with Gasteiger partial charge in [0.2, 0.25) is 0 Å². The van der Waals surface area contributed by atoms with Crippen molar-refractivity contribution in [3.05, 3.63) is 41.4 Å². The minimum atomic E-state index is -0.833. The molecule has 1 aromatic carbocycles. The molecule has 1 N–H and O–H groups in total. The van der Waals surface area contributed by atoms with Crippen molar-refractivity contribution >= 4 is 23.6 Å². The van der Waals surface area contributed by atoms with Gasteiger partial charge in [0.15, 0.2) is 0 Å². The standard InChI is InChI=1S/C8H7Cl.C2H4O2/c1-2-7-5-3-4-6-8(7)9;1-2(3)4/h2-6H,1H2;1H3,(H,3,4). The van der Waals surface area contributed by atoms with Crippen molar-refractivity contribution in [1.82, 2.24) is 0 Å². The number of rotatable bonds is 1. The van der Waals surface area contributed by atoms with E-state index in [1.165, 1.54) is 0 Å². The number of hydrogen-bond acceptors (Lipinski definition) is 1. The zero-order chi connectivity index (χ0) is 10.3. The van der Waals surface area contributed by atoms with E-state index in [0.717, 1.165) is 17.5 Å². The SMILES string of the molecule is C=Cc1ccccc1Cl.CC(=O)O. The predicted octanol–water partition coefficient (Wildman–Crippen LogP) is 3.07. The summed E-state index contributed by atoms with van der Waals surface area (Å²) < 4.78 is 0. The first-order valence-corrected chi connectivity index (χ1v) is 4.02. The molecule has 2 nitrogen and oxygen atoms in total. The van der Waals surface area contributed by atoms with E-state index in [0.29, 0.717) is 0 Å². The summed E-state index contributed by atoms with van der Waals surface area (Å²) in [4.78, 5) is 9.00. The van der Waals surface area contributed by atoms with Crippen molar-refractivity contribution in [1.29, 1.82) is 0 Å². The molecule has 1 aromatic rings. The fraction of sp³-hybridized carbons (Fsp3) is 0.100. The molecule has 0 spiro atoms. The normalized spacial score (nSPS) is 8.15. The smallest absolute Gasteiger partial charge is 0.300 e. The first-order valence-electron chi connectivity index (χ1n) is 3.64. The Hall–Kier alpha value is -1.28. The average Bonchev–Trinajstić information content (AvgIpc) is 2.04. The van der Waals surface area contributed by atoms with Crippen molar-refractivity contribution in [3.63, 3.8) is 0 Å². The number of carboxylic acid groups (broad SMARTS) is 1. The van der Waals surface area contributed by atoms with Crippen LogP contribution in [0.25, 0.3) is 6.08 Å². The average molecular weight is 199 g/mol. The minimum Gasteiger partial charge on any atom is -0.481 e.